The second-order valence-corrected chi connectivity index (χ2v) is 8.35. The number of nitrogen functional groups attached to an aromatic ring is 1. The number of thiocarbonyl (C=S) groups is 1. The topological polar surface area (TPSA) is 89.2 Å². The van der Waals surface area contributed by atoms with Gasteiger partial charge in [-0.15, -0.1) is 0 Å². The number of methoxy groups -OCH3 is 1. The van der Waals surface area contributed by atoms with Crippen molar-refractivity contribution >= 4 is 45.9 Å². The largest absolute Gasteiger partial charge is 0.497 e. The fraction of sp³-hybridized carbons (Fsp3) is 0.474. The summed E-state index contributed by atoms with van der Waals surface area (Å²) in [6.45, 7) is 0. The van der Waals surface area contributed by atoms with Crippen LogP contribution in [-0.2, 0) is 5.75 Å². The Morgan fingerprint density at radius 1 is 1.21 bits per heavy atom. The van der Waals surface area contributed by atoms with Crippen LogP contribution in [0.15, 0.2) is 24.3 Å². The summed E-state index contributed by atoms with van der Waals surface area (Å²) < 4.78 is 6.04. The van der Waals surface area contributed by atoms with E-state index in [1.807, 2.05) is 24.3 Å². The Labute approximate surface area is 175 Å². The van der Waals surface area contributed by atoms with Crippen LogP contribution in [0, 0.1) is 0 Å². The molecular formula is C19H26N6OS2. The van der Waals surface area contributed by atoms with E-state index < -0.39 is 0 Å². The van der Waals surface area contributed by atoms with E-state index in [0.717, 1.165) is 15.8 Å². The number of hydrogen-bond acceptors (Lipinski definition) is 8. The molecule has 1 heterocycles. The number of rotatable bonds is 6. The highest BCUT2D eigenvalue weighted by Crippen LogP contribution is 2.25. The SMILES string of the molecule is COc1ccc(Nc2nc(N)nc(CSC(=S)N(C)C3CCCCC3)n2)cc1. The van der Waals surface area contributed by atoms with Gasteiger partial charge in [0.15, 0.2) is 0 Å². The Morgan fingerprint density at radius 3 is 2.61 bits per heavy atom. The molecule has 0 unspecified atom stereocenters. The fourth-order valence-electron chi connectivity index (χ4n) is 3.21. The third-order valence-corrected chi connectivity index (χ3v) is 6.36. The molecule has 1 aromatic heterocycles. The molecule has 1 saturated carbocycles. The van der Waals surface area contributed by atoms with Crippen LogP contribution in [0.4, 0.5) is 17.6 Å². The first-order valence-corrected chi connectivity index (χ1v) is 10.8. The molecule has 0 atom stereocenters. The number of thioether (sulfide) groups is 1. The Morgan fingerprint density at radius 2 is 1.93 bits per heavy atom. The first kappa shape index (κ1) is 20.6. The lowest BCUT2D eigenvalue weighted by molar-refractivity contribution is 0.285. The number of hydrogen-bond donors (Lipinski definition) is 2. The van der Waals surface area contributed by atoms with Crippen LogP contribution in [0.25, 0.3) is 0 Å². The summed E-state index contributed by atoms with van der Waals surface area (Å²) in [5.74, 6) is 2.55. The molecule has 0 spiro atoms. The zero-order chi connectivity index (χ0) is 19.9. The fourth-order valence-corrected chi connectivity index (χ4v) is 4.27. The Bertz CT molecular complexity index is 796. The standard InChI is InChI=1S/C19H26N6OS2/c1-25(14-6-4-3-5-7-14)19(27)28-12-16-22-17(20)24-18(23-16)21-13-8-10-15(26-2)11-9-13/h8-11,14H,3-7,12H2,1-2H3,(H3,20,21,22,23,24). The van der Waals surface area contributed by atoms with Gasteiger partial charge in [-0.3, -0.25) is 0 Å². The molecule has 0 aliphatic heterocycles. The predicted molar refractivity (Wildman–Crippen MR) is 119 cm³/mol. The smallest absolute Gasteiger partial charge is 0.232 e. The minimum atomic E-state index is 0.188. The molecule has 28 heavy (non-hydrogen) atoms. The quantitative estimate of drug-likeness (QED) is 0.676. The first-order valence-electron chi connectivity index (χ1n) is 9.36. The van der Waals surface area contributed by atoms with E-state index in [4.69, 9.17) is 22.7 Å². The van der Waals surface area contributed by atoms with E-state index in [9.17, 15) is 0 Å². The number of aromatic nitrogens is 3. The van der Waals surface area contributed by atoms with E-state index >= 15 is 0 Å². The van der Waals surface area contributed by atoms with Crippen LogP contribution < -0.4 is 15.8 Å². The Hall–Kier alpha value is -2.13. The molecule has 1 aromatic carbocycles. The molecule has 0 bridgehead atoms. The minimum absolute atomic E-state index is 0.188. The van der Waals surface area contributed by atoms with Gasteiger partial charge in [-0.2, -0.15) is 15.0 Å². The number of nitrogens with zero attached hydrogens (tertiary/aromatic N) is 4. The number of nitrogens with one attached hydrogen (secondary N) is 1. The number of nitrogens with two attached hydrogens (primary N) is 1. The molecule has 9 heteroatoms. The van der Waals surface area contributed by atoms with Gasteiger partial charge in [-0.25, -0.2) is 0 Å². The van der Waals surface area contributed by atoms with E-state index in [1.54, 1.807) is 18.9 Å². The van der Waals surface area contributed by atoms with Crippen molar-refractivity contribution in [1.29, 1.82) is 0 Å². The highest BCUT2D eigenvalue weighted by atomic mass is 32.2. The van der Waals surface area contributed by atoms with Crippen LogP contribution in [0.5, 0.6) is 5.75 Å². The molecule has 3 rings (SSSR count). The predicted octanol–water partition coefficient (Wildman–Crippen LogP) is 3.99. The van der Waals surface area contributed by atoms with Crippen molar-refractivity contribution in [2.75, 3.05) is 25.2 Å². The van der Waals surface area contributed by atoms with Crippen LogP contribution >= 0.6 is 24.0 Å². The van der Waals surface area contributed by atoms with Crippen LogP contribution in [-0.4, -0.2) is 44.4 Å². The van der Waals surface area contributed by atoms with Crippen molar-refractivity contribution in [3.8, 4) is 5.75 Å². The zero-order valence-electron chi connectivity index (χ0n) is 16.2. The first-order chi connectivity index (χ1) is 13.5. The van der Waals surface area contributed by atoms with Crippen LogP contribution in [0.1, 0.15) is 37.9 Å². The van der Waals surface area contributed by atoms with E-state index in [1.165, 1.54) is 32.1 Å². The normalized spacial score (nSPS) is 14.5. The molecule has 3 N–H and O–H groups in total. The summed E-state index contributed by atoms with van der Waals surface area (Å²) in [5, 5.41) is 3.15. The van der Waals surface area contributed by atoms with Crippen molar-refractivity contribution < 1.29 is 4.74 Å². The lowest BCUT2D eigenvalue weighted by atomic mass is 9.95. The zero-order valence-corrected chi connectivity index (χ0v) is 17.9. The highest BCUT2D eigenvalue weighted by Gasteiger charge is 2.20. The molecule has 150 valence electrons. The highest BCUT2D eigenvalue weighted by molar-refractivity contribution is 8.22. The monoisotopic (exact) mass is 418 g/mol. The number of benzene rings is 1. The second-order valence-electron chi connectivity index (χ2n) is 6.74. The van der Waals surface area contributed by atoms with Crippen molar-refractivity contribution in [2.24, 2.45) is 0 Å². The van der Waals surface area contributed by atoms with Crippen molar-refractivity contribution in [1.82, 2.24) is 19.9 Å². The van der Waals surface area contributed by atoms with Gasteiger partial charge in [0.25, 0.3) is 0 Å². The van der Waals surface area contributed by atoms with Crippen LogP contribution in [0.2, 0.25) is 0 Å². The van der Waals surface area contributed by atoms with Gasteiger partial charge < -0.3 is 20.7 Å². The summed E-state index contributed by atoms with van der Waals surface area (Å²) in [4.78, 5) is 15.1. The lowest BCUT2D eigenvalue weighted by Crippen LogP contribution is -2.35. The summed E-state index contributed by atoms with van der Waals surface area (Å²) in [6, 6.07) is 8.06. The minimum Gasteiger partial charge on any atom is -0.497 e. The summed E-state index contributed by atoms with van der Waals surface area (Å²) >= 11 is 7.17. The van der Waals surface area contributed by atoms with Gasteiger partial charge in [0, 0.05) is 18.8 Å². The molecule has 1 fully saturated rings. The van der Waals surface area contributed by atoms with E-state index in [-0.39, 0.29) is 5.95 Å². The maximum absolute atomic E-state index is 5.87. The molecule has 0 saturated heterocycles. The van der Waals surface area contributed by atoms with E-state index in [0.29, 0.717) is 23.6 Å². The van der Waals surface area contributed by atoms with Gasteiger partial charge in [0.2, 0.25) is 11.9 Å². The van der Waals surface area contributed by atoms with Gasteiger partial charge in [-0.1, -0.05) is 43.2 Å². The van der Waals surface area contributed by atoms with Gasteiger partial charge in [0.05, 0.1) is 12.9 Å². The Kier molecular flexibility index (Phi) is 7.27. The summed E-state index contributed by atoms with van der Waals surface area (Å²) in [7, 11) is 3.72. The van der Waals surface area contributed by atoms with Crippen molar-refractivity contribution in [3.63, 3.8) is 0 Å². The molecule has 2 aromatic rings. The molecule has 1 aliphatic rings. The molecule has 7 nitrogen and oxygen atoms in total. The second kappa shape index (κ2) is 9.88. The number of anilines is 3. The third-order valence-electron chi connectivity index (χ3n) is 4.78. The third kappa shape index (κ3) is 5.68. The maximum Gasteiger partial charge on any atom is 0.232 e. The van der Waals surface area contributed by atoms with E-state index in [2.05, 4.69) is 32.2 Å². The maximum atomic E-state index is 5.87. The van der Waals surface area contributed by atoms with Crippen LogP contribution in [0.3, 0.4) is 0 Å². The number of ether oxygens (including phenoxy) is 1. The molecule has 1 aliphatic carbocycles. The lowest BCUT2D eigenvalue weighted by Gasteiger charge is -2.32. The molecular weight excluding hydrogens is 392 g/mol. The van der Waals surface area contributed by atoms with Crippen molar-refractivity contribution in [3.05, 3.63) is 30.1 Å². The van der Waals surface area contributed by atoms with Gasteiger partial charge in [-0.05, 0) is 37.1 Å². The molecule has 0 radical (unpaired) electrons. The van der Waals surface area contributed by atoms with Gasteiger partial charge in [0.1, 0.15) is 15.9 Å². The van der Waals surface area contributed by atoms with Gasteiger partial charge >= 0.3 is 0 Å². The Balaban J connectivity index is 1.60. The average Bonchev–Trinajstić information content (AvgIpc) is 2.72. The molecule has 0 amide bonds. The summed E-state index contributed by atoms with van der Waals surface area (Å²) in [5.41, 5.74) is 6.71. The average molecular weight is 419 g/mol. The van der Waals surface area contributed by atoms with Crippen molar-refractivity contribution in [2.45, 2.75) is 43.9 Å². The summed E-state index contributed by atoms with van der Waals surface area (Å²) in [6.07, 6.45) is 6.33.